The fourth-order valence-corrected chi connectivity index (χ4v) is 2.09. The average molecular weight is 289 g/mol. The number of hydrogen-bond donors (Lipinski definition) is 2. The van der Waals surface area contributed by atoms with Crippen molar-refractivity contribution in [1.82, 2.24) is 14.7 Å². The molecule has 2 heterocycles. The Morgan fingerprint density at radius 2 is 2.19 bits per heavy atom. The maximum absolute atomic E-state index is 12.2. The zero-order valence-electron chi connectivity index (χ0n) is 12.3. The minimum atomic E-state index is -1.03. The lowest BCUT2D eigenvalue weighted by Crippen LogP contribution is -2.45. The number of aryl methyl sites for hydroxylation is 1. The molecule has 6 nitrogen and oxygen atoms in total. The first-order chi connectivity index (χ1) is 9.92. The Hall–Kier alpha value is -2.37. The van der Waals surface area contributed by atoms with Gasteiger partial charge in [-0.15, -0.1) is 0 Å². The fourth-order valence-electron chi connectivity index (χ4n) is 2.09. The Bertz CT molecular complexity index is 678. The van der Waals surface area contributed by atoms with Crippen LogP contribution in [-0.4, -0.2) is 32.4 Å². The molecule has 0 bridgehead atoms. The van der Waals surface area contributed by atoms with Gasteiger partial charge in [-0.25, -0.2) is 9.78 Å². The second kappa shape index (κ2) is 5.95. The van der Waals surface area contributed by atoms with Crippen molar-refractivity contribution >= 4 is 17.5 Å². The van der Waals surface area contributed by atoms with Gasteiger partial charge >= 0.3 is 5.97 Å². The number of carbonyl (C=O) groups excluding carboxylic acids is 1. The van der Waals surface area contributed by atoms with Crippen molar-refractivity contribution in [3.05, 3.63) is 35.8 Å². The summed E-state index contributed by atoms with van der Waals surface area (Å²) in [7, 11) is 0. The number of aliphatic carboxylic acids is 1. The highest BCUT2D eigenvalue weighted by atomic mass is 16.4. The molecule has 0 aliphatic heterocycles. The zero-order valence-corrected chi connectivity index (χ0v) is 12.3. The summed E-state index contributed by atoms with van der Waals surface area (Å²) in [5, 5.41) is 11.8. The van der Waals surface area contributed by atoms with Crippen molar-refractivity contribution < 1.29 is 14.7 Å². The maximum atomic E-state index is 12.2. The van der Waals surface area contributed by atoms with Crippen LogP contribution >= 0.6 is 0 Å². The highest BCUT2D eigenvalue weighted by molar-refractivity contribution is 5.95. The quantitative estimate of drug-likeness (QED) is 0.880. The molecular formula is C15H19N3O3. The van der Waals surface area contributed by atoms with Crippen LogP contribution in [0, 0.1) is 12.8 Å². The van der Waals surface area contributed by atoms with E-state index in [9.17, 15) is 14.7 Å². The third-order valence-electron chi connectivity index (χ3n) is 3.61. The molecule has 0 saturated heterocycles. The minimum absolute atomic E-state index is 0.147. The van der Waals surface area contributed by atoms with Gasteiger partial charge in [0.15, 0.2) is 0 Å². The molecule has 0 unspecified atom stereocenters. The normalized spacial score (nSPS) is 13.9. The van der Waals surface area contributed by atoms with E-state index >= 15 is 0 Å². The molecule has 2 rings (SSSR count). The number of carboxylic acids is 1. The fraction of sp³-hybridized carbons (Fsp3) is 0.400. The number of fused-ring (bicyclic) bond motifs is 1. The lowest BCUT2D eigenvalue weighted by atomic mass is 9.99. The van der Waals surface area contributed by atoms with Crippen LogP contribution in [0.1, 0.15) is 36.3 Å². The number of nitrogens with zero attached hydrogens (tertiary/aromatic N) is 2. The van der Waals surface area contributed by atoms with Crippen LogP contribution in [0.2, 0.25) is 0 Å². The topological polar surface area (TPSA) is 83.7 Å². The molecule has 0 fully saturated rings. The molecule has 2 N–H and O–H groups in total. The van der Waals surface area contributed by atoms with E-state index in [-0.39, 0.29) is 11.6 Å². The summed E-state index contributed by atoms with van der Waals surface area (Å²) >= 11 is 0. The second-order valence-corrected chi connectivity index (χ2v) is 5.27. The van der Waals surface area contributed by atoms with E-state index in [1.807, 2.05) is 32.2 Å². The predicted octanol–water partition coefficient (Wildman–Crippen LogP) is 1.87. The molecule has 0 aliphatic carbocycles. The molecule has 1 amide bonds. The summed E-state index contributed by atoms with van der Waals surface area (Å²) in [6, 6.07) is 2.87. The van der Waals surface area contributed by atoms with Crippen molar-refractivity contribution in [1.29, 1.82) is 0 Å². The van der Waals surface area contributed by atoms with Gasteiger partial charge < -0.3 is 14.8 Å². The number of carbonyl (C=O) groups is 2. The lowest BCUT2D eigenvalue weighted by molar-refractivity contribution is -0.140. The second-order valence-electron chi connectivity index (χ2n) is 5.27. The van der Waals surface area contributed by atoms with Crippen LogP contribution in [0.3, 0.4) is 0 Å². The number of carboxylic acid groups (broad SMARTS) is 1. The van der Waals surface area contributed by atoms with Crippen molar-refractivity contribution in [3.8, 4) is 0 Å². The molecule has 21 heavy (non-hydrogen) atoms. The number of imidazole rings is 1. The third kappa shape index (κ3) is 3.21. The molecule has 2 aromatic rings. The monoisotopic (exact) mass is 289 g/mol. The van der Waals surface area contributed by atoms with Gasteiger partial charge in [-0.1, -0.05) is 20.3 Å². The van der Waals surface area contributed by atoms with Gasteiger partial charge in [0.2, 0.25) is 0 Å². The summed E-state index contributed by atoms with van der Waals surface area (Å²) in [4.78, 5) is 27.7. The SMILES string of the molecule is CC[C@H](C)[C@H](NC(=O)c1cn2ccc(C)cc2n1)C(=O)O. The molecule has 0 radical (unpaired) electrons. The zero-order chi connectivity index (χ0) is 15.6. The van der Waals surface area contributed by atoms with Crippen LogP contribution in [-0.2, 0) is 4.79 Å². The standard InChI is InChI=1S/C15H19N3O3/c1-4-10(3)13(15(20)21)17-14(19)11-8-18-6-5-9(2)7-12(18)16-11/h5-8,10,13H,4H2,1-3H3,(H,17,19)(H,20,21)/t10-,13-/m0/s1. The average Bonchev–Trinajstić information content (AvgIpc) is 2.86. The van der Waals surface area contributed by atoms with Crippen molar-refractivity contribution in [2.75, 3.05) is 0 Å². The van der Waals surface area contributed by atoms with Gasteiger partial charge in [0.25, 0.3) is 5.91 Å². The molecular weight excluding hydrogens is 270 g/mol. The largest absolute Gasteiger partial charge is 0.480 e. The Labute approximate surface area is 122 Å². The van der Waals surface area contributed by atoms with Crippen molar-refractivity contribution in [2.24, 2.45) is 5.92 Å². The summed E-state index contributed by atoms with van der Waals surface area (Å²) in [5.74, 6) is -1.65. The number of rotatable bonds is 5. The van der Waals surface area contributed by atoms with Crippen molar-refractivity contribution in [2.45, 2.75) is 33.2 Å². The van der Waals surface area contributed by atoms with Gasteiger partial charge in [-0.05, 0) is 30.5 Å². The Kier molecular flexibility index (Phi) is 4.26. The lowest BCUT2D eigenvalue weighted by Gasteiger charge is -2.19. The van der Waals surface area contributed by atoms with Gasteiger partial charge in [-0.3, -0.25) is 4.79 Å². The first kappa shape index (κ1) is 15.0. The molecule has 0 spiro atoms. The summed E-state index contributed by atoms with van der Waals surface area (Å²) < 4.78 is 1.74. The van der Waals surface area contributed by atoms with Crippen LogP contribution < -0.4 is 5.32 Å². The number of hydrogen-bond acceptors (Lipinski definition) is 3. The maximum Gasteiger partial charge on any atom is 0.326 e. The number of aromatic nitrogens is 2. The van der Waals surface area contributed by atoms with E-state index in [1.54, 1.807) is 17.5 Å². The highest BCUT2D eigenvalue weighted by Gasteiger charge is 2.26. The summed E-state index contributed by atoms with van der Waals surface area (Å²) in [5.41, 5.74) is 1.92. The molecule has 0 saturated carbocycles. The van der Waals surface area contributed by atoms with Crippen LogP contribution in [0.5, 0.6) is 0 Å². The molecule has 112 valence electrons. The molecule has 2 aromatic heterocycles. The number of amides is 1. The first-order valence-corrected chi connectivity index (χ1v) is 6.91. The molecule has 0 aromatic carbocycles. The van der Waals surface area contributed by atoms with E-state index in [2.05, 4.69) is 10.3 Å². The Morgan fingerprint density at radius 3 is 2.81 bits per heavy atom. The Balaban J connectivity index is 2.23. The third-order valence-corrected chi connectivity index (χ3v) is 3.61. The summed E-state index contributed by atoms with van der Waals surface area (Å²) in [6.45, 7) is 5.63. The van der Waals surface area contributed by atoms with E-state index < -0.39 is 17.9 Å². The number of nitrogens with one attached hydrogen (secondary N) is 1. The van der Waals surface area contributed by atoms with Gasteiger partial charge in [0.05, 0.1) is 0 Å². The smallest absolute Gasteiger partial charge is 0.326 e. The van der Waals surface area contributed by atoms with Gasteiger partial charge in [0, 0.05) is 12.4 Å². The Morgan fingerprint density at radius 1 is 1.48 bits per heavy atom. The van der Waals surface area contributed by atoms with Crippen LogP contribution in [0.15, 0.2) is 24.5 Å². The molecule has 0 aliphatic rings. The van der Waals surface area contributed by atoms with E-state index in [1.165, 1.54) is 0 Å². The molecule has 6 heteroatoms. The van der Waals surface area contributed by atoms with Crippen LogP contribution in [0.4, 0.5) is 0 Å². The van der Waals surface area contributed by atoms with Crippen LogP contribution in [0.25, 0.3) is 5.65 Å². The molecule has 2 atom stereocenters. The van der Waals surface area contributed by atoms with E-state index in [0.717, 1.165) is 5.56 Å². The first-order valence-electron chi connectivity index (χ1n) is 6.91. The minimum Gasteiger partial charge on any atom is -0.480 e. The van der Waals surface area contributed by atoms with E-state index in [0.29, 0.717) is 12.1 Å². The van der Waals surface area contributed by atoms with E-state index in [4.69, 9.17) is 0 Å². The van der Waals surface area contributed by atoms with Gasteiger partial charge in [-0.2, -0.15) is 0 Å². The number of pyridine rings is 1. The van der Waals surface area contributed by atoms with Crippen molar-refractivity contribution in [3.63, 3.8) is 0 Å². The summed E-state index contributed by atoms with van der Waals surface area (Å²) in [6.07, 6.45) is 4.08. The van der Waals surface area contributed by atoms with Gasteiger partial charge in [0.1, 0.15) is 17.4 Å². The predicted molar refractivity (Wildman–Crippen MR) is 78.3 cm³/mol. The highest BCUT2D eigenvalue weighted by Crippen LogP contribution is 2.11.